The van der Waals surface area contributed by atoms with Crippen LogP contribution >= 0.6 is 0 Å². The fourth-order valence-electron chi connectivity index (χ4n) is 2.40. The lowest BCUT2D eigenvalue weighted by molar-refractivity contribution is -0.121. The molecule has 0 saturated heterocycles. The van der Waals surface area contributed by atoms with E-state index in [-0.39, 0.29) is 24.4 Å². The van der Waals surface area contributed by atoms with Crippen molar-refractivity contribution in [1.29, 1.82) is 0 Å². The van der Waals surface area contributed by atoms with Crippen molar-refractivity contribution < 1.29 is 14.1 Å². The van der Waals surface area contributed by atoms with E-state index in [0.717, 1.165) is 18.4 Å². The number of carbonyl (C=O) groups excluding carboxylic acids is 2. The first-order chi connectivity index (χ1) is 11.1. The molecule has 1 fully saturated rings. The van der Waals surface area contributed by atoms with E-state index in [1.54, 1.807) is 14.0 Å². The van der Waals surface area contributed by atoms with Crippen molar-refractivity contribution in [3.8, 4) is 11.3 Å². The summed E-state index contributed by atoms with van der Waals surface area (Å²) in [5, 5.41) is 6.88. The molecule has 2 amide bonds. The molecule has 23 heavy (non-hydrogen) atoms. The van der Waals surface area contributed by atoms with Gasteiger partial charge in [-0.2, -0.15) is 0 Å². The molecule has 6 nitrogen and oxygen atoms in total. The Labute approximate surface area is 134 Å². The topological polar surface area (TPSA) is 75.4 Å². The van der Waals surface area contributed by atoms with Gasteiger partial charge in [-0.25, -0.2) is 0 Å². The Morgan fingerprint density at radius 1 is 1.30 bits per heavy atom. The normalized spacial score (nSPS) is 13.7. The van der Waals surface area contributed by atoms with E-state index in [0.29, 0.717) is 17.0 Å². The van der Waals surface area contributed by atoms with Crippen LogP contribution in [0.3, 0.4) is 0 Å². The predicted molar refractivity (Wildman–Crippen MR) is 84.8 cm³/mol. The molecule has 1 saturated carbocycles. The van der Waals surface area contributed by atoms with Gasteiger partial charge in [-0.05, 0) is 19.8 Å². The van der Waals surface area contributed by atoms with Gasteiger partial charge >= 0.3 is 0 Å². The standard InChI is InChI=1S/C17H19N3O3/c1-11-15(16(19-23-11)12-6-4-3-5-7-12)17(22)20(2)10-14(21)18-13-8-9-13/h3-7,13H,8-10H2,1-2H3,(H,18,21). The Bertz CT molecular complexity index is 720. The van der Waals surface area contributed by atoms with Crippen molar-refractivity contribution >= 4 is 11.8 Å². The summed E-state index contributed by atoms with van der Waals surface area (Å²) in [4.78, 5) is 26.0. The van der Waals surface area contributed by atoms with Crippen molar-refractivity contribution in [2.75, 3.05) is 13.6 Å². The second-order valence-electron chi connectivity index (χ2n) is 5.83. The van der Waals surface area contributed by atoms with Crippen molar-refractivity contribution in [2.24, 2.45) is 0 Å². The van der Waals surface area contributed by atoms with Crippen LogP contribution in [0.2, 0.25) is 0 Å². The molecule has 0 bridgehead atoms. The lowest BCUT2D eigenvalue weighted by Crippen LogP contribution is -2.39. The number of carbonyl (C=O) groups is 2. The second kappa shape index (κ2) is 6.24. The minimum absolute atomic E-state index is 0.0220. The summed E-state index contributed by atoms with van der Waals surface area (Å²) in [7, 11) is 1.61. The Hall–Kier alpha value is -2.63. The lowest BCUT2D eigenvalue weighted by Gasteiger charge is -2.16. The smallest absolute Gasteiger partial charge is 0.259 e. The molecule has 1 aliphatic rings. The Morgan fingerprint density at radius 3 is 2.65 bits per heavy atom. The minimum Gasteiger partial charge on any atom is -0.360 e. The molecule has 3 rings (SSSR count). The van der Waals surface area contributed by atoms with Gasteiger partial charge in [0.1, 0.15) is 17.0 Å². The first kappa shape index (κ1) is 15.3. The van der Waals surface area contributed by atoms with E-state index >= 15 is 0 Å². The maximum absolute atomic E-state index is 12.7. The summed E-state index contributed by atoms with van der Waals surface area (Å²) in [5.74, 6) is 0.0376. The van der Waals surface area contributed by atoms with Crippen LogP contribution in [0, 0.1) is 6.92 Å². The third-order valence-electron chi connectivity index (χ3n) is 3.79. The number of aryl methyl sites for hydroxylation is 1. The van der Waals surface area contributed by atoms with Crippen molar-refractivity contribution in [3.63, 3.8) is 0 Å². The van der Waals surface area contributed by atoms with Gasteiger partial charge < -0.3 is 14.7 Å². The first-order valence-corrected chi connectivity index (χ1v) is 7.63. The van der Waals surface area contributed by atoms with Gasteiger partial charge in [-0.3, -0.25) is 9.59 Å². The molecular formula is C17H19N3O3. The highest BCUT2D eigenvalue weighted by molar-refractivity contribution is 6.02. The molecule has 0 unspecified atom stereocenters. The zero-order chi connectivity index (χ0) is 16.4. The molecule has 0 radical (unpaired) electrons. The number of rotatable bonds is 5. The SMILES string of the molecule is Cc1onc(-c2ccccc2)c1C(=O)N(C)CC(=O)NC1CC1. The number of aromatic nitrogens is 1. The summed E-state index contributed by atoms with van der Waals surface area (Å²) in [6.07, 6.45) is 2.04. The molecule has 0 aliphatic heterocycles. The molecule has 0 spiro atoms. The third-order valence-corrected chi connectivity index (χ3v) is 3.79. The van der Waals surface area contributed by atoms with Gasteiger partial charge in [-0.1, -0.05) is 35.5 Å². The Kier molecular flexibility index (Phi) is 4.14. The Morgan fingerprint density at radius 2 is 2.00 bits per heavy atom. The lowest BCUT2D eigenvalue weighted by atomic mass is 10.1. The molecule has 1 heterocycles. The average molecular weight is 313 g/mol. The number of benzene rings is 1. The molecule has 6 heteroatoms. The van der Waals surface area contributed by atoms with Crippen LogP contribution in [0.4, 0.5) is 0 Å². The van der Waals surface area contributed by atoms with Crippen LogP contribution in [-0.2, 0) is 4.79 Å². The molecular weight excluding hydrogens is 294 g/mol. The zero-order valence-electron chi connectivity index (χ0n) is 13.2. The number of hydrogen-bond donors (Lipinski definition) is 1. The quantitative estimate of drug-likeness (QED) is 0.916. The first-order valence-electron chi connectivity index (χ1n) is 7.63. The third kappa shape index (κ3) is 3.41. The Balaban J connectivity index is 1.78. The fourth-order valence-corrected chi connectivity index (χ4v) is 2.40. The van der Waals surface area contributed by atoms with E-state index in [9.17, 15) is 9.59 Å². The van der Waals surface area contributed by atoms with E-state index in [4.69, 9.17) is 4.52 Å². The molecule has 120 valence electrons. The predicted octanol–water partition coefficient (Wildman–Crippen LogP) is 2.00. The number of hydrogen-bond acceptors (Lipinski definition) is 4. The van der Waals surface area contributed by atoms with E-state index in [1.165, 1.54) is 4.90 Å². The van der Waals surface area contributed by atoms with Gasteiger partial charge in [0.15, 0.2) is 0 Å². The monoisotopic (exact) mass is 313 g/mol. The van der Waals surface area contributed by atoms with Crippen molar-refractivity contribution in [1.82, 2.24) is 15.4 Å². The van der Waals surface area contributed by atoms with Crippen LogP contribution < -0.4 is 5.32 Å². The molecule has 1 aliphatic carbocycles. The van der Waals surface area contributed by atoms with E-state index < -0.39 is 0 Å². The molecule has 1 N–H and O–H groups in total. The largest absolute Gasteiger partial charge is 0.360 e. The van der Waals surface area contributed by atoms with Crippen molar-refractivity contribution in [2.45, 2.75) is 25.8 Å². The second-order valence-corrected chi connectivity index (χ2v) is 5.83. The fraction of sp³-hybridized carbons (Fsp3) is 0.353. The zero-order valence-corrected chi connectivity index (χ0v) is 13.2. The number of amides is 2. The van der Waals surface area contributed by atoms with E-state index in [1.807, 2.05) is 30.3 Å². The van der Waals surface area contributed by atoms with Gasteiger partial charge in [0.05, 0.1) is 6.54 Å². The molecule has 1 aromatic heterocycles. The van der Waals surface area contributed by atoms with Crippen molar-refractivity contribution in [3.05, 3.63) is 41.7 Å². The van der Waals surface area contributed by atoms with Gasteiger partial charge in [0.25, 0.3) is 5.91 Å². The van der Waals surface area contributed by atoms with Crippen LogP contribution in [0.1, 0.15) is 29.0 Å². The molecule has 0 atom stereocenters. The van der Waals surface area contributed by atoms with Gasteiger partial charge in [0.2, 0.25) is 5.91 Å². The van der Waals surface area contributed by atoms with Gasteiger partial charge in [-0.15, -0.1) is 0 Å². The maximum Gasteiger partial charge on any atom is 0.259 e. The number of likely N-dealkylation sites (N-methyl/N-ethyl adjacent to an activating group) is 1. The number of nitrogens with zero attached hydrogens (tertiary/aromatic N) is 2. The van der Waals surface area contributed by atoms with Crippen LogP contribution in [-0.4, -0.2) is 41.5 Å². The highest BCUT2D eigenvalue weighted by atomic mass is 16.5. The minimum atomic E-state index is -0.270. The molecule has 2 aromatic rings. The average Bonchev–Trinajstić information content (AvgIpc) is 3.26. The van der Waals surface area contributed by atoms with Crippen LogP contribution in [0.25, 0.3) is 11.3 Å². The summed E-state index contributed by atoms with van der Waals surface area (Å²) < 4.78 is 5.20. The summed E-state index contributed by atoms with van der Waals surface area (Å²) in [6.45, 7) is 1.72. The summed E-state index contributed by atoms with van der Waals surface area (Å²) >= 11 is 0. The van der Waals surface area contributed by atoms with Crippen LogP contribution in [0.15, 0.2) is 34.9 Å². The molecule has 1 aromatic carbocycles. The summed E-state index contributed by atoms with van der Waals surface area (Å²) in [5.41, 5.74) is 1.71. The van der Waals surface area contributed by atoms with E-state index in [2.05, 4.69) is 10.5 Å². The number of nitrogens with one attached hydrogen (secondary N) is 1. The highest BCUT2D eigenvalue weighted by Gasteiger charge is 2.27. The van der Waals surface area contributed by atoms with Crippen LogP contribution in [0.5, 0.6) is 0 Å². The van der Waals surface area contributed by atoms with Gasteiger partial charge in [0, 0.05) is 18.7 Å². The highest BCUT2D eigenvalue weighted by Crippen LogP contribution is 2.26. The summed E-state index contributed by atoms with van der Waals surface area (Å²) in [6, 6.07) is 9.66. The maximum atomic E-state index is 12.7.